The van der Waals surface area contributed by atoms with Gasteiger partial charge >= 0.3 is 5.97 Å². The van der Waals surface area contributed by atoms with Crippen LogP contribution in [-0.2, 0) is 15.0 Å². The van der Waals surface area contributed by atoms with E-state index in [4.69, 9.17) is 0 Å². The number of nitrogens with zero attached hydrogens (tertiary/aromatic N) is 2. The summed E-state index contributed by atoms with van der Waals surface area (Å²) in [7, 11) is -3.49. The summed E-state index contributed by atoms with van der Waals surface area (Å²) in [5.41, 5.74) is -0.957. The van der Waals surface area contributed by atoms with E-state index in [2.05, 4.69) is 0 Å². The van der Waals surface area contributed by atoms with E-state index in [9.17, 15) is 18.3 Å². The summed E-state index contributed by atoms with van der Waals surface area (Å²) in [6.45, 7) is 3.27. The first-order valence-electron chi connectivity index (χ1n) is 6.85. The van der Waals surface area contributed by atoms with Crippen molar-refractivity contribution in [2.24, 2.45) is 5.41 Å². The van der Waals surface area contributed by atoms with E-state index in [1.54, 1.807) is 6.92 Å². The summed E-state index contributed by atoms with van der Waals surface area (Å²) < 4.78 is 27.9. The summed E-state index contributed by atoms with van der Waals surface area (Å²) in [4.78, 5) is 11.3. The van der Waals surface area contributed by atoms with Crippen LogP contribution in [0.1, 0.15) is 39.0 Å². The molecule has 1 N–H and O–H groups in total. The Hall–Kier alpha value is -0.660. The highest BCUT2D eigenvalue weighted by Crippen LogP contribution is 2.32. The zero-order valence-electron chi connectivity index (χ0n) is 11.3. The van der Waals surface area contributed by atoms with Gasteiger partial charge in [0.1, 0.15) is 0 Å². The molecule has 2 saturated heterocycles. The fourth-order valence-electron chi connectivity index (χ4n) is 2.82. The Morgan fingerprint density at radius 3 is 2.21 bits per heavy atom. The molecule has 2 aliphatic rings. The molecule has 1 unspecified atom stereocenters. The Balaban J connectivity index is 2.14. The first kappa shape index (κ1) is 14.7. The van der Waals surface area contributed by atoms with E-state index < -0.39 is 21.6 Å². The van der Waals surface area contributed by atoms with Gasteiger partial charge in [-0.3, -0.25) is 4.79 Å². The molecule has 0 spiro atoms. The summed E-state index contributed by atoms with van der Waals surface area (Å²) in [6, 6.07) is 0. The van der Waals surface area contributed by atoms with Crippen molar-refractivity contribution in [2.45, 2.75) is 39.0 Å². The Morgan fingerprint density at radius 1 is 1.05 bits per heavy atom. The van der Waals surface area contributed by atoms with Crippen LogP contribution >= 0.6 is 0 Å². The Labute approximate surface area is 114 Å². The number of carbonyl (C=O) groups is 1. The molecule has 0 aromatic rings. The highest BCUT2D eigenvalue weighted by molar-refractivity contribution is 7.86. The van der Waals surface area contributed by atoms with Crippen LogP contribution < -0.4 is 0 Å². The number of carboxylic acids is 1. The van der Waals surface area contributed by atoms with Gasteiger partial charge < -0.3 is 5.11 Å². The SMILES string of the molecule is CC1(C(=O)O)CCCN(S(=O)(=O)N2CCCCC2)C1. The van der Waals surface area contributed by atoms with Gasteiger partial charge in [0.15, 0.2) is 0 Å². The van der Waals surface area contributed by atoms with Gasteiger partial charge in [-0.25, -0.2) is 0 Å². The lowest BCUT2D eigenvalue weighted by Crippen LogP contribution is -2.53. The molecule has 7 heteroatoms. The zero-order chi connectivity index (χ0) is 14.1. The van der Waals surface area contributed by atoms with Crippen molar-refractivity contribution in [2.75, 3.05) is 26.2 Å². The lowest BCUT2D eigenvalue weighted by atomic mass is 9.83. The fourth-order valence-corrected chi connectivity index (χ4v) is 4.68. The van der Waals surface area contributed by atoms with E-state index in [1.165, 1.54) is 8.61 Å². The maximum atomic E-state index is 12.5. The van der Waals surface area contributed by atoms with E-state index >= 15 is 0 Å². The molecule has 0 radical (unpaired) electrons. The van der Waals surface area contributed by atoms with Gasteiger partial charge in [-0.1, -0.05) is 6.42 Å². The number of carboxylic acid groups (broad SMARTS) is 1. The van der Waals surface area contributed by atoms with Crippen molar-refractivity contribution in [1.82, 2.24) is 8.61 Å². The number of rotatable bonds is 3. The van der Waals surface area contributed by atoms with Crippen molar-refractivity contribution in [3.8, 4) is 0 Å². The predicted octanol–water partition coefficient (Wildman–Crippen LogP) is 0.904. The minimum absolute atomic E-state index is 0.0845. The highest BCUT2D eigenvalue weighted by Gasteiger charge is 2.43. The topological polar surface area (TPSA) is 77.9 Å². The van der Waals surface area contributed by atoms with Crippen molar-refractivity contribution >= 4 is 16.2 Å². The van der Waals surface area contributed by atoms with Gasteiger partial charge in [-0.2, -0.15) is 17.0 Å². The van der Waals surface area contributed by atoms with Crippen molar-refractivity contribution in [1.29, 1.82) is 0 Å². The zero-order valence-corrected chi connectivity index (χ0v) is 12.2. The highest BCUT2D eigenvalue weighted by atomic mass is 32.2. The molecule has 2 heterocycles. The first-order chi connectivity index (χ1) is 8.86. The van der Waals surface area contributed by atoms with E-state index in [0.29, 0.717) is 32.5 Å². The van der Waals surface area contributed by atoms with Gasteiger partial charge in [0, 0.05) is 26.2 Å². The molecular weight excluding hydrogens is 268 g/mol. The Bertz CT molecular complexity index is 445. The van der Waals surface area contributed by atoms with Crippen molar-refractivity contribution in [3.05, 3.63) is 0 Å². The predicted molar refractivity (Wildman–Crippen MR) is 70.9 cm³/mol. The number of piperidine rings is 2. The van der Waals surface area contributed by atoms with Crippen LogP contribution in [0.5, 0.6) is 0 Å². The maximum absolute atomic E-state index is 12.5. The van der Waals surface area contributed by atoms with Crippen LogP contribution in [0.15, 0.2) is 0 Å². The maximum Gasteiger partial charge on any atom is 0.310 e. The van der Waals surface area contributed by atoms with Crippen molar-refractivity contribution in [3.63, 3.8) is 0 Å². The monoisotopic (exact) mass is 290 g/mol. The van der Waals surface area contributed by atoms with Gasteiger partial charge in [0.2, 0.25) is 0 Å². The minimum Gasteiger partial charge on any atom is -0.481 e. The van der Waals surface area contributed by atoms with Gasteiger partial charge in [-0.05, 0) is 32.6 Å². The Kier molecular flexibility index (Phi) is 4.17. The van der Waals surface area contributed by atoms with E-state index in [-0.39, 0.29) is 6.54 Å². The molecule has 2 rings (SSSR count). The summed E-state index contributed by atoms with van der Waals surface area (Å²) >= 11 is 0. The lowest BCUT2D eigenvalue weighted by Gasteiger charge is -2.39. The minimum atomic E-state index is -3.49. The van der Waals surface area contributed by atoms with Crippen LogP contribution in [0.3, 0.4) is 0 Å². The standard InChI is InChI=1S/C12H22N2O4S/c1-12(11(15)16)6-5-9-14(10-12)19(17,18)13-7-3-2-4-8-13/h2-10H2,1H3,(H,15,16). The summed E-state index contributed by atoms with van der Waals surface area (Å²) in [5.74, 6) is -0.911. The second kappa shape index (κ2) is 5.38. The van der Waals surface area contributed by atoms with Gasteiger partial charge in [0.05, 0.1) is 5.41 Å². The molecule has 2 aliphatic heterocycles. The molecule has 0 aromatic carbocycles. The first-order valence-corrected chi connectivity index (χ1v) is 8.25. The fraction of sp³-hybridized carbons (Fsp3) is 0.917. The number of hydrogen-bond acceptors (Lipinski definition) is 3. The van der Waals surface area contributed by atoms with E-state index in [1.807, 2.05) is 0 Å². The third-order valence-corrected chi connectivity index (χ3v) is 6.13. The van der Waals surface area contributed by atoms with Crippen LogP contribution in [0.2, 0.25) is 0 Å². The number of aliphatic carboxylic acids is 1. The van der Waals surface area contributed by atoms with Crippen LogP contribution in [0.4, 0.5) is 0 Å². The molecule has 0 bridgehead atoms. The number of hydrogen-bond donors (Lipinski definition) is 1. The molecule has 6 nitrogen and oxygen atoms in total. The molecule has 110 valence electrons. The molecule has 0 amide bonds. The van der Waals surface area contributed by atoms with E-state index in [0.717, 1.165) is 19.3 Å². The van der Waals surface area contributed by atoms with Gasteiger partial charge in [0.25, 0.3) is 10.2 Å². The van der Waals surface area contributed by atoms with Crippen LogP contribution in [0.25, 0.3) is 0 Å². The van der Waals surface area contributed by atoms with Crippen molar-refractivity contribution < 1.29 is 18.3 Å². The lowest BCUT2D eigenvalue weighted by molar-refractivity contribution is -0.150. The molecule has 1 atom stereocenters. The average molecular weight is 290 g/mol. The summed E-state index contributed by atoms with van der Waals surface area (Å²) in [5, 5.41) is 9.26. The third-order valence-electron chi connectivity index (χ3n) is 4.15. The second-order valence-electron chi connectivity index (χ2n) is 5.77. The normalized spacial score (nSPS) is 31.2. The van der Waals surface area contributed by atoms with Crippen LogP contribution in [-0.4, -0.2) is 54.3 Å². The smallest absolute Gasteiger partial charge is 0.310 e. The molecule has 2 fully saturated rings. The molecule has 0 saturated carbocycles. The Morgan fingerprint density at radius 2 is 1.63 bits per heavy atom. The van der Waals surface area contributed by atoms with Gasteiger partial charge in [-0.15, -0.1) is 0 Å². The third kappa shape index (κ3) is 2.93. The molecule has 19 heavy (non-hydrogen) atoms. The second-order valence-corrected chi connectivity index (χ2v) is 7.70. The quantitative estimate of drug-likeness (QED) is 0.838. The molecule has 0 aromatic heterocycles. The largest absolute Gasteiger partial charge is 0.481 e. The molecular formula is C12H22N2O4S. The average Bonchev–Trinajstić information content (AvgIpc) is 2.39. The van der Waals surface area contributed by atoms with Crippen LogP contribution in [0, 0.1) is 5.41 Å². The summed E-state index contributed by atoms with van der Waals surface area (Å²) in [6.07, 6.45) is 4.00. The molecule has 0 aliphatic carbocycles.